The van der Waals surface area contributed by atoms with Gasteiger partial charge >= 0.3 is 5.97 Å². The number of carboxylic acids is 1. The number of phenolic OH excluding ortho intramolecular Hbond substituents is 1. The Morgan fingerprint density at radius 1 is 1.19 bits per heavy atom. The number of carbonyl (C=O) groups is 2. The number of Topliss-reactive ketones (excluding diaryl/α,β-unsaturated/α-hetero) is 1. The van der Waals surface area contributed by atoms with Crippen LogP contribution < -0.4 is 0 Å². The Hall–Kier alpha value is -3.10. The molecule has 1 aliphatic rings. The highest BCUT2D eigenvalue weighted by Gasteiger charge is 2.33. The lowest BCUT2D eigenvalue weighted by atomic mass is 9.90. The topological polar surface area (TPSA) is 99.4 Å². The molecule has 0 bridgehead atoms. The van der Waals surface area contributed by atoms with E-state index in [1.54, 1.807) is 25.1 Å². The van der Waals surface area contributed by atoms with E-state index in [0.29, 0.717) is 25.4 Å². The molecule has 1 aliphatic heterocycles. The standard InChI is InChI=1S/C23H25FN2O5/c1-2-20(25-16-4-3-5-17(27)13-16)21(23(29)30)22(28)18-12-15(6-7-19(18)24)14-26-8-10-31-11-9-26/h3-7,12-13,21,27H,2,8-11,14H2,1H3,(H,29,30). The molecule has 1 heterocycles. The number of hydrogen-bond donors (Lipinski definition) is 2. The summed E-state index contributed by atoms with van der Waals surface area (Å²) in [4.78, 5) is 31.5. The second-order valence-corrected chi connectivity index (χ2v) is 7.31. The van der Waals surface area contributed by atoms with Crippen molar-refractivity contribution in [1.29, 1.82) is 0 Å². The van der Waals surface area contributed by atoms with Crippen molar-refractivity contribution in [3.8, 4) is 5.75 Å². The Bertz CT molecular complexity index is 986. The highest BCUT2D eigenvalue weighted by molar-refractivity contribution is 6.24. The average molecular weight is 428 g/mol. The highest BCUT2D eigenvalue weighted by Crippen LogP contribution is 2.24. The van der Waals surface area contributed by atoms with Crippen LogP contribution in [0.25, 0.3) is 0 Å². The number of aliphatic imine (C=N–C) groups is 1. The first-order valence-corrected chi connectivity index (χ1v) is 10.1. The fourth-order valence-corrected chi connectivity index (χ4v) is 3.51. The molecule has 2 aromatic carbocycles. The van der Waals surface area contributed by atoms with Gasteiger partial charge in [0, 0.05) is 31.4 Å². The Labute approximate surface area is 179 Å². The summed E-state index contributed by atoms with van der Waals surface area (Å²) in [5.74, 6) is -4.68. The molecule has 2 N–H and O–H groups in total. The predicted octanol–water partition coefficient (Wildman–Crippen LogP) is 3.43. The average Bonchev–Trinajstić information content (AvgIpc) is 2.75. The summed E-state index contributed by atoms with van der Waals surface area (Å²) < 4.78 is 19.9. The maximum absolute atomic E-state index is 14.5. The number of aromatic hydroxyl groups is 1. The summed E-state index contributed by atoms with van der Waals surface area (Å²) >= 11 is 0. The van der Waals surface area contributed by atoms with E-state index >= 15 is 0 Å². The second-order valence-electron chi connectivity index (χ2n) is 7.31. The maximum Gasteiger partial charge on any atom is 0.320 e. The molecule has 0 aliphatic carbocycles. The Kier molecular flexibility index (Phi) is 7.49. The lowest BCUT2D eigenvalue weighted by Crippen LogP contribution is -2.36. The largest absolute Gasteiger partial charge is 0.508 e. The number of carboxylic acid groups (broad SMARTS) is 1. The normalized spacial score (nSPS) is 16.1. The minimum atomic E-state index is -1.62. The number of benzene rings is 2. The van der Waals surface area contributed by atoms with Gasteiger partial charge in [-0.2, -0.15) is 0 Å². The van der Waals surface area contributed by atoms with Crippen molar-refractivity contribution in [2.24, 2.45) is 10.9 Å². The van der Waals surface area contributed by atoms with Crippen LogP contribution in [0.4, 0.5) is 10.1 Å². The Balaban J connectivity index is 1.91. The molecule has 7 nitrogen and oxygen atoms in total. The molecule has 0 radical (unpaired) electrons. The molecule has 1 fully saturated rings. The van der Waals surface area contributed by atoms with Gasteiger partial charge in [-0.05, 0) is 36.2 Å². The molecule has 8 heteroatoms. The molecule has 1 atom stereocenters. The number of phenols is 1. The fourth-order valence-electron chi connectivity index (χ4n) is 3.51. The zero-order valence-corrected chi connectivity index (χ0v) is 17.3. The van der Waals surface area contributed by atoms with Crippen LogP contribution in [0.5, 0.6) is 5.75 Å². The van der Waals surface area contributed by atoms with E-state index in [1.807, 2.05) is 0 Å². The summed E-state index contributed by atoms with van der Waals surface area (Å²) in [7, 11) is 0. The number of ether oxygens (including phenoxy) is 1. The first-order chi connectivity index (χ1) is 14.9. The number of rotatable bonds is 8. The van der Waals surface area contributed by atoms with Crippen LogP contribution >= 0.6 is 0 Å². The number of halogens is 1. The third kappa shape index (κ3) is 5.74. The van der Waals surface area contributed by atoms with Crippen LogP contribution in [-0.2, 0) is 16.1 Å². The summed E-state index contributed by atoms with van der Waals surface area (Å²) in [6.07, 6.45) is 0.174. The van der Waals surface area contributed by atoms with Crippen molar-refractivity contribution in [1.82, 2.24) is 4.90 Å². The van der Waals surface area contributed by atoms with Crippen molar-refractivity contribution in [2.45, 2.75) is 19.9 Å². The van der Waals surface area contributed by atoms with Gasteiger partial charge in [-0.3, -0.25) is 19.5 Å². The van der Waals surface area contributed by atoms with Crippen LogP contribution in [0.15, 0.2) is 47.5 Å². The predicted molar refractivity (Wildman–Crippen MR) is 113 cm³/mol. The van der Waals surface area contributed by atoms with E-state index in [4.69, 9.17) is 4.74 Å². The van der Waals surface area contributed by atoms with E-state index < -0.39 is 23.5 Å². The van der Waals surface area contributed by atoms with E-state index in [0.717, 1.165) is 18.7 Å². The lowest BCUT2D eigenvalue weighted by Gasteiger charge is -2.26. The summed E-state index contributed by atoms with van der Waals surface area (Å²) in [6, 6.07) is 10.2. The minimum Gasteiger partial charge on any atom is -0.508 e. The molecular weight excluding hydrogens is 403 g/mol. The van der Waals surface area contributed by atoms with Gasteiger partial charge in [0.25, 0.3) is 0 Å². The van der Waals surface area contributed by atoms with Gasteiger partial charge in [0.1, 0.15) is 11.6 Å². The molecule has 0 spiro atoms. The van der Waals surface area contributed by atoms with Crippen molar-refractivity contribution < 1.29 is 28.9 Å². The van der Waals surface area contributed by atoms with Gasteiger partial charge in [0.2, 0.25) is 0 Å². The minimum absolute atomic E-state index is 0.0308. The molecular formula is C23H25FN2O5. The van der Waals surface area contributed by atoms with E-state index in [2.05, 4.69) is 9.89 Å². The molecule has 31 heavy (non-hydrogen) atoms. The Morgan fingerprint density at radius 2 is 1.94 bits per heavy atom. The van der Waals surface area contributed by atoms with Gasteiger partial charge in [-0.15, -0.1) is 0 Å². The summed E-state index contributed by atoms with van der Waals surface area (Å²) in [5.41, 5.74) is 0.854. The number of hydrogen-bond acceptors (Lipinski definition) is 6. The number of nitrogens with zero attached hydrogens (tertiary/aromatic N) is 2. The van der Waals surface area contributed by atoms with Crippen LogP contribution in [0, 0.1) is 11.7 Å². The van der Waals surface area contributed by atoms with E-state index in [-0.39, 0.29) is 23.4 Å². The van der Waals surface area contributed by atoms with Crippen molar-refractivity contribution in [3.05, 3.63) is 59.4 Å². The monoisotopic (exact) mass is 428 g/mol. The van der Waals surface area contributed by atoms with Crippen LogP contribution in [0.3, 0.4) is 0 Å². The quantitative estimate of drug-likeness (QED) is 0.380. The molecule has 0 amide bonds. The van der Waals surface area contributed by atoms with Gasteiger partial charge in [0.15, 0.2) is 11.7 Å². The molecule has 0 saturated carbocycles. The number of aliphatic carboxylic acids is 1. The maximum atomic E-state index is 14.5. The van der Waals surface area contributed by atoms with Gasteiger partial charge in [-0.1, -0.05) is 19.1 Å². The third-order valence-electron chi connectivity index (χ3n) is 5.11. The molecule has 0 aromatic heterocycles. The molecule has 1 saturated heterocycles. The SMILES string of the molecule is CCC(=Nc1cccc(O)c1)C(C(=O)O)C(=O)c1cc(CN2CCOCC2)ccc1F. The summed E-state index contributed by atoms with van der Waals surface area (Å²) in [5, 5.41) is 19.4. The van der Waals surface area contributed by atoms with Crippen LogP contribution in [0.1, 0.15) is 29.3 Å². The zero-order valence-electron chi connectivity index (χ0n) is 17.3. The zero-order chi connectivity index (χ0) is 22.4. The van der Waals surface area contributed by atoms with Crippen molar-refractivity contribution >= 4 is 23.2 Å². The summed E-state index contributed by atoms with van der Waals surface area (Å²) in [6.45, 7) is 4.87. The fraction of sp³-hybridized carbons (Fsp3) is 0.348. The van der Waals surface area contributed by atoms with Crippen LogP contribution in [-0.4, -0.2) is 58.9 Å². The third-order valence-corrected chi connectivity index (χ3v) is 5.11. The Morgan fingerprint density at radius 3 is 2.58 bits per heavy atom. The van der Waals surface area contributed by atoms with Crippen molar-refractivity contribution in [2.75, 3.05) is 26.3 Å². The first-order valence-electron chi connectivity index (χ1n) is 10.1. The number of carbonyl (C=O) groups excluding carboxylic acids is 1. The van der Waals surface area contributed by atoms with Gasteiger partial charge in [0.05, 0.1) is 24.5 Å². The van der Waals surface area contributed by atoms with E-state index in [1.165, 1.54) is 24.3 Å². The molecule has 3 rings (SSSR count). The van der Waals surface area contributed by atoms with Gasteiger partial charge < -0.3 is 14.9 Å². The van der Waals surface area contributed by atoms with E-state index in [9.17, 15) is 24.2 Å². The first kappa shape index (κ1) is 22.6. The van der Waals surface area contributed by atoms with Crippen molar-refractivity contribution in [3.63, 3.8) is 0 Å². The van der Waals surface area contributed by atoms with Gasteiger partial charge in [-0.25, -0.2) is 4.39 Å². The smallest absolute Gasteiger partial charge is 0.320 e. The molecule has 1 unspecified atom stereocenters. The lowest BCUT2D eigenvalue weighted by molar-refractivity contribution is -0.138. The highest BCUT2D eigenvalue weighted by atomic mass is 19.1. The van der Waals surface area contributed by atoms with Crippen LogP contribution in [0.2, 0.25) is 0 Å². The molecule has 164 valence electrons. The number of ketones is 1. The molecule has 2 aromatic rings. The number of morpholine rings is 1. The second kappa shape index (κ2) is 10.3.